The zero-order valence-electron chi connectivity index (χ0n) is 15.8. The number of carbonyl (C=O) groups is 2. The fourth-order valence-electron chi connectivity index (χ4n) is 2.55. The molecule has 0 radical (unpaired) electrons. The molecule has 0 heterocycles. The van der Waals surface area contributed by atoms with Crippen LogP contribution in [0.5, 0.6) is 17.2 Å². The van der Waals surface area contributed by atoms with E-state index in [2.05, 4.69) is 5.32 Å². The van der Waals surface area contributed by atoms with Crippen molar-refractivity contribution in [2.75, 3.05) is 26.9 Å². The van der Waals surface area contributed by atoms with E-state index in [0.29, 0.717) is 37.7 Å². The largest absolute Gasteiger partial charge is 0.493 e. The van der Waals surface area contributed by atoms with E-state index in [1.54, 1.807) is 7.11 Å². The summed E-state index contributed by atoms with van der Waals surface area (Å²) in [4.78, 5) is 22.2. The molecule has 2 aromatic rings. The molecule has 0 fully saturated rings. The van der Waals surface area contributed by atoms with Crippen LogP contribution >= 0.6 is 0 Å². The summed E-state index contributed by atoms with van der Waals surface area (Å²) < 4.78 is 16.9. The number of para-hydroxylation sites is 2. The predicted molar refractivity (Wildman–Crippen MR) is 104 cm³/mol. The molecule has 0 spiro atoms. The Hall–Kier alpha value is -3.22. The van der Waals surface area contributed by atoms with Gasteiger partial charge in [-0.15, -0.1) is 0 Å². The first kappa shape index (κ1) is 21.1. The molecule has 2 aromatic carbocycles. The number of benzene rings is 2. The van der Waals surface area contributed by atoms with Gasteiger partial charge in [-0.05, 0) is 30.2 Å². The molecule has 0 aliphatic rings. The highest BCUT2D eigenvalue weighted by Gasteiger charge is 2.12. The third-order valence-corrected chi connectivity index (χ3v) is 3.90. The molecule has 7 heteroatoms. The van der Waals surface area contributed by atoms with Gasteiger partial charge in [-0.1, -0.05) is 30.3 Å². The summed E-state index contributed by atoms with van der Waals surface area (Å²) in [5.41, 5.74) is 0.887. The van der Waals surface area contributed by atoms with Gasteiger partial charge >= 0.3 is 5.97 Å². The normalized spacial score (nSPS) is 10.2. The first-order chi connectivity index (χ1) is 13.6. The summed E-state index contributed by atoms with van der Waals surface area (Å²) in [5.74, 6) is 0.715. The maximum Gasteiger partial charge on any atom is 0.303 e. The molecule has 150 valence electrons. The number of hydrogen-bond donors (Lipinski definition) is 2. The summed E-state index contributed by atoms with van der Waals surface area (Å²) in [6.07, 6.45) is 0.319. The highest BCUT2D eigenvalue weighted by molar-refractivity contribution is 5.80. The minimum Gasteiger partial charge on any atom is -0.493 e. The smallest absolute Gasteiger partial charge is 0.303 e. The topological polar surface area (TPSA) is 94.1 Å². The lowest BCUT2D eigenvalue weighted by molar-refractivity contribution is -0.138. The summed E-state index contributed by atoms with van der Waals surface area (Å²) >= 11 is 0. The molecule has 0 unspecified atom stereocenters. The summed E-state index contributed by atoms with van der Waals surface area (Å²) in [6.45, 7) is 1.10. The maximum absolute atomic E-state index is 11.6. The van der Waals surface area contributed by atoms with Crippen LogP contribution in [0.3, 0.4) is 0 Å². The molecule has 1 amide bonds. The van der Waals surface area contributed by atoms with Crippen molar-refractivity contribution in [2.24, 2.45) is 0 Å². The number of aliphatic carboxylic acids is 1. The minimum atomic E-state index is -0.989. The van der Waals surface area contributed by atoms with E-state index in [1.807, 2.05) is 48.5 Å². The number of hydrogen-bond acceptors (Lipinski definition) is 5. The van der Waals surface area contributed by atoms with Crippen molar-refractivity contribution in [1.29, 1.82) is 0 Å². The standard InChI is InChI=1S/C21H25NO6/c1-26-18-9-5-6-16(12-13-22-19(23)10-11-20(24)25)21(18)28-15-14-27-17-7-3-2-4-8-17/h2-9H,10-15H2,1H3,(H,22,23)(H,24,25). The number of carboxylic acid groups (broad SMARTS) is 1. The van der Waals surface area contributed by atoms with Crippen LogP contribution in [0.2, 0.25) is 0 Å². The minimum absolute atomic E-state index is 0.0341. The quantitative estimate of drug-likeness (QED) is 0.544. The van der Waals surface area contributed by atoms with Gasteiger partial charge in [0.15, 0.2) is 11.5 Å². The third-order valence-electron chi connectivity index (χ3n) is 3.90. The van der Waals surface area contributed by atoms with E-state index in [-0.39, 0.29) is 18.7 Å². The van der Waals surface area contributed by atoms with Crippen LogP contribution in [0.25, 0.3) is 0 Å². The van der Waals surface area contributed by atoms with Gasteiger partial charge in [0.1, 0.15) is 19.0 Å². The van der Waals surface area contributed by atoms with Crippen LogP contribution < -0.4 is 19.5 Å². The molecule has 0 saturated heterocycles. The number of nitrogens with one attached hydrogen (secondary N) is 1. The van der Waals surface area contributed by atoms with Crippen LogP contribution in [0.15, 0.2) is 48.5 Å². The number of rotatable bonds is 12. The Morgan fingerprint density at radius 1 is 0.964 bits per heavy atom. The van der Waals surface area contributed by atoms with Crippen molar-refractivity contribution in [1.82, 2.24) is 5.32 Å². The Morgan fingerprint density at radius 3 is 2.43 bits per heavy atom. The SMILES string of the molecule is COc1cccc(CCNC(=O)CCC(=O)O)c1OCCOc1ccccc1. The number of methoxy groups -OCH3 is 1. The van der Waals surface area contributed by atoms with Crippen molar-refractivity contribution in [3.8, 4) is 17.2 Å². The Labute approximate surface area is 164 Å². The molecular weight excluding hydrogens is 362 g/mol. The van der Waals surface area contributed by atoms with E-state index < -0.39 is 5.97 Å². The zero-order valence-corrected chi connectivity index (χ0v) is 15.8. The lowest BCUT2D eigenvalue weighted by Gasteiger charge is -2.15. The lowest BCUT2D eigenvalue weighted by atomic mass is 10.1. The average Bonchev–Trinajstić information content (AvgIpc) is 2.71. The Kier molecular flexibility index (Phi) is 8.65. The third kappa shape index (κ3) is 7.19. The van der Waals surface area contributed by atoms with E-state index in [1.165, 1.54) is 0 Å². The maximum atomic E-state index is 11.6. The second kappa shape index (κ2) is 11.5. The van der Waals surface area contributed by atoms with Crippen molar-refractivity contribution < 1.29 is 28.9 Å². The van der Waals surface area contributed by atoms with E-state index in [4.69, 9.17) is 19.3 Å². The van der Waals surface area contributed by atoms with E-state index >= 15 is 0 Å². The van der Waals surface area contributed by atoms with Crippen molar-refractivity contribution in [2.45, 2.75) is 19.3 Å². The number of carboxylic acids is 1. The van der Waals surface area contributed by atoms with Crippen LogP contribution in [0, 0.1) is 0 Å². The molecule has 0 atom stereocenters. The summed E-state index contributed by atoms with van der Waals surface area (Å²) in [6, 6.07) is 15.0. The first-order valence-electron chi connectivity index (χ1n) is 9.05. The van der Waals surface area contributed by atoms with Crippen LogP contribution in [0.4, 0.5) is 0 Å². The molecule has 7 nitrogen and oxygen atoms in total. The van der Waals surface area contributed by atoms with Crippen molar-refractivity contribution in [3.05, 3.63) is 54.1 Å². The first-order valence-corrected chi connectivity index (χ1v) is 9.05. The summed E-state index contributed by atoms with van der Waals surface area (Å²) in [7, 11) is 1.57. The van der Waals surface area contributed by atoms with Crippen molar-refractivity contribution >= 4 is 11.9 Å². The number of carbonyl (C=O) groups excluding carboxylic acids is 1. The van der Waals surface area contributed by atoms with Gasteiger partial charge in [0.05, 0.1) is 13.5 Å². The van der Waals surface area contributed by atoms with Gasteiger partial charge < -0.3 is 24.6 Å². The monoisotopic (exact) mass is 387 g/mol. The molecular formula is C21H25NO6. The average molecular weight is 387 g/mol. The van der Waals surface area contributed by atoms with E-state index in [9.17, 15) is 9.59 Å². The van der Waals surface area contributed by atoms with E-state index in [0.717, 1.165) is 11.3 Å². The highest BCUT2D eigenvalue weighted by atomic mass is 16.5. The molecule has 0 aliphatic carbocycles. The predicted octanol–water partition coefficient (Wildman–Crippen LogP) is 2.68. The lowest BCUT2D eigenvalue weighted by Crippen LogP contribution is -2.26. The van der Waals surface area contributed by atoms with Crippen LogP contribution in [-0.4, -0.2) is 43.9 Å². The van der Waals surface area contributed by atoms with Gasteiger partial charge in [-0.25, -0.2) is 0 Å². The Morgan fingerprint density at radius 2 is 1.71 bits per heavy atom. The molecule has 0 bridgehead atoms. The second-order valence-electron chi connectivity index (χ2n) is 5.95. The van der Waals surface area contributed by atoms with Gasteiger partial charge in [0.25, 0.3) is 0 Å². The molecule has 0 aliphatic heterocycles. The number of amides is 1. The molecule has 2 rings (SSSR count). The van der Waals surface area contributed by atoms with Gasteiger partial charge in [-0.2, -0.15) is 0 Å². The fourth-order valence-corrected chi connectivity index (χ4v) is 2.55. The molecule has 28 heavy (non-hydrogen) atoms. The van der Waals surface area contributed by atoms with Gasteiger partial charge in [0.2, 0.25) is 5.91 Å². The van der Waals surface area contributed by atoms with Crippen LogP contribution in [0.1, 0.15) is 18.4 Å². The highest BCUT2D eigenvalue weighted by Crippen LogP contribution is 2.31. The second-order valence-corrected chi connectivity index (χ2v) is 5.95. The zero-order chi connectivity index (χ0) is 20.2. The molecule has 0 aromatic heterocycles. The molecule has 2 N–H and O–H groups in total. The van der Waals surface area contributed by atoms with Crippen LogP contribution in [-0.2, 0) is 16.0 Å². The van der Waals surface area contributed by atoms with Crippen molar-refractivity contribution in [3.63, 3.8) is 0 Å². The molecule has 0 saturated carbocycles. The Balaban J connectivity index is 1.86. The summed E-state index contributed by atoms with van der Waals surface area (Å²) in [5, 5.41) is 11.3. The van der Waals surface area contributed by atoms with Gasteiger partial charge in [0, 0.05) is 13.0 Å². The van der Waals surface area contributed by atoms with Gasteiger partial charge in [-0.3, -0.25) is 9.59 Å². The number of ether oxygens (including phenoxy) is 3. The fraction of sp³-hybridized carbons (Fsp3) is 0.333. The Bertz CT molecular complexity index is 763.